The van der Waals surface area contributed by atoms with Crippen LogP contribution in [0.2, 0.25) is 0 Å². The van der Waals surface area contributed by atoms with Gasteiger partial charge < -0.3 is 20.1 Å². The van der Waals surface area contributed by atoms with Crippen LogP contribution in [0.1, 0.15) is 26.2 Å². The van der Waals surface area contributed by atoms with E-state index in [4.69, 9.17) is 14.7 Å². The molecule has 2 N–H and O–H groups in total. The largest absolute Gasteiger partial charge is 0.388 e. The van der Waals surface area contributed by atoms with E-state index in [1.807, 2.05) is 6.07 Å². The number of nitriles is 1. The van der Waals surface area contributed by atoms with E-state index >= 15 is 0 Å². The first-order valence-electron chi connectivity index (χ1n) is 8.77. The van der Waals surface area contributed by atoms with Crippen molar-refractivity contribution < 1.29 is 14.3 Å². The third kappa shape index (κ3) is 9.50. The molecule has 1 fully saturated rings. The molecular formula is C17H30N4O3. The zero-order chi connectivity index (χ0) is 17.5. The summed E-state index contributed by atoms with van der Waals surface area (Å²) in [5, 5.41) is 14.8. The number of nitrogens with one attached hydrogen (secondary N) is 2. The zero-order valence-electron chi connectivity index (χ0n) is 14.7. The summed E-state index contributed by atoms with van der Waals surface area (Å²) in [5.41, 5.74) is 0.101. The Morgan fingerprint density at radius 3 is 2.75 bits per heavy atom. The number of morpholine rings is 1. The van der Waals surface area contributed by atoms with Gasteiger partial charge in [0.1, 0.15) is 11.6 Å². The van der Waals surface area contributed by atoms with Crippen molar-refractivity contribution in [2.24, 2.45) is 0 Å². The Kier molecular flexibility index (Phi) is 11.7. The summed E-state index contributed by atoms with van der Waals surface area (Å²) >= 11 is 0. The summed E-state index contributed by atoms with van der Waals surface area (Å²) < 4.78 is 10.7. The van der Waals surface area contributed by atoms with Gasteiger partial charge in [-0.1, -0.05) is 13.3 Å². The van der Waals surface area contributed by atoms with Crippen molar-refractivity contribution in [2.45, 2.75) is 26.2 Å². The van der Waals surface area contributed by atoms with Crippen LogP contribution in [-0.4, -0.2) is 70.0 Å². The molecular weight excluding hydrogens is 308 g/mol. The highest BCUT2D eigenvalue weighted by molar-refractivity contribution is 5.97. The molecule has 136 valence electrons. The fourth-order valence-electron chi connectivity index (χ4n) is 2.19. The van der Waals surface area contributed by atoms with E-state index < -0.39 is 0 Å². The number of unbranched alkanes of at least 4 members (excludes halogenated alkanes) is 1. The van der Waals surface area contributed by atoms with Crippen molar-refractivity contribution in [3.05, 3.63) is 11.8 Å². The maximum Gasteiger partial charge on any atom is 0.263 e. The predicted molar refractivity (Wildman–Crippen MR) is 92.3 cm³/mol. The van der Waals surface area contributed by atoms with Crippen molar-refractivity contribution in [1.29, 1.82) is 5.26 Å². The minimum Gasteiger partial charge on any atom is -0.388 e. The van der Waals surface area contributed by atoms with Gasteiger partial charge in [-0.15, -0.1) is 0 Å². The SMILES string of the molecule is CCCCOCCCNC(=O)/C(C#N)=C\NCCN1CCOCC1. The highest BCUT2D eigenvalue weighted by Gasteiger charge is 2.10. The average molecular weight is 338 g/mol. The van der Waals surface area contributed by atoms with Gasteiger partial charge in [-0.25, -0.2) is 0 Å². The lowest BCUT2D eigenvalue weighted by Gasteiger charge is -2.26. The molecule has 1 heterocycles. The molecule has 0 aliphatic carbocycles. The number of amides is 1. The summed E-state index contributed by atoms with van der Waals surface area (Å²) in [6.45, 7) is 8.98. The van der Waals surface area contributed by atoms with Gasteiger partial charge in [-0.2, -0.15) is 5.26 Å². The predicted octanol–water partition coefficient (Wildman–Crippen LogP) is 0.639. The van der Waals surface area contributed by atoms with Crippen molar-refractivity contribution in [3.63, 3.8) is 0 Å². The monoisotopic (exact) mass is 338 g/mol. The molecule has 0 aromatic heterocycles. The maximum absolute atomic E-state index is 11.9. The zero-order valence-corrected chi connectivity index (χ0v) is 14.7. The molecule has 24 heavy (non-hydrogen) atoms. The van der Waals surface area contributed by atoms with Crippen molar-refractivity contribution in [3.8, 4) is 6.07 Å². The van der Waals surface area contributed by atoms with Crippen LogP contribution in [0.25, 0.3) is 0 Å². The Bertz CT molecular complexity index is 415. The fourth-order valence-corrected chi connectivity index (χ4v) is 2.19. The van der Waals surface area contributed by atoms with E-state index in [0.717, 1.165) is 58.7 Å². The van der Waals surface area contributed by atoms with Crippen molar-refractivity contribution >= 4 is 5.91 Å². The van der Waals surface area contributed by atoms with Gasteiger partial charge >= 0.3 is 0 Å². The number of hydrogen-bond acceptors (Lipinski definition) is 6. The van der Waals surface area contributed by atoms with Crippen LogP contribution in [0, 0.1) is 11.3 Å². The van der Waals surface area contributed by atoms with E-state index in [2.05, 4.69) is 22.5 Å². The minimum absolute atomic E-state index is 0.101. The van der Waals surface area contributed by atoms with Crippen LogP contribution >= 0.6 is 0 Å². The molecule has 0 aromatic rings. The van der Waals surface area contributed by atoms with E-state index in [1.165, 1.54) is 6.20 Å². The van der Waals surface area contributed by atoms with Gasteiger partial charge in [-0.3, -0.25) is 9.69 Å². The Hall–Kier alpha value is -1.62. The van der Waals surface area contributed by atoms with Crippen LogP contribution in [0.3, 0.4) is 0 Å². The summed E-state index contributed by atoms with van der Waals surface area (Å²) in [7, 11) is 0. The van der Waals surface area contributed by atoms with Crippen molar-refractivity contribution in [2.75, 3.05) is 59.2 Å². The highest BCUT2D eigenvalue weighted by atomic mass is 16.5. The van der Waals surface area contributed by atoms with E-state index in [1.54, 1.807) is 0 Å². The van der Waals surface area contributed by atoms with Crippen LogP contribution < -0.4 is 10.6 Å². The molecule has 1 amide bonds. The highest BCUT2D eigenvalue weighted by Crippen LogP contribution is 1.96. The molecule has 1 aliphatic heterocycles. The lowest BCUT2D eigenvalue weighted by atomic mass is 10.3. The molecule has 7 nitrogen and oxygen atoms in total. The van der Waals surface area contributed by atoms with Gasteiger partial charge in [0.25, 0.3) is 5.91 Å². The lowest BCUT2D eigenvalue weighted by Crippen LogP contribution is -2.39. The van der Waals surface area contributed by atoms with Gasteiger partial charge in [0.05, 0.1) is 13.2 Å². The standard InChI is InChI=1S/C17H30N4O3/c1-2-3-10-23-11-4-5-20-17(22)16(14-18)15-19-6-7-21-8-12-24-13-9-21/h15,19H,2-13H2,1H3,(H,20,22)/b16-15-. The summed E-state index contributed by atoms with van der Waals surface area (Å²) in [5.74, 6) is -0.343. The molecule has 7 heteroatoms. The normalized spacial score (nSPS) is 15.8. The Morgan fingerprint density at radius 2 is 2.04 bits per heavy atom. The molecule has 0 radical (unpaired) electrons. The number of ether oxygens (including phenoxy) is 2. The second-order valence-electron chi connectivity index (χ2n) is 5.65. The Labute approximate surface area is 145 Å². The van der Waals surface area contributed by atoms with Crippen molar-refractivity contribution in [1.82, 2.24) is 15.5 Å². The quantitative estimate of drug-likeness (QED) is 0.308. The molecule has 1 aliphatic rings. The van der Waals surface area contributed by atoms with Gasteiger partial charge in [0.2, 0.25) is 0 Å². The number of carbonyl (C=O) groups excluding carboxylic acids is 1. The third-order valence-electron chi connectivity index (χ3n) is 3.68. The Balaban J connectivity index is 2.12. The molecule has 1 saturated heterocycles. The van der Waals surface area contributed by atoms with E-state index in [9.17, 15) is 4.79 Å². The van der Waals surface area contributed by atoms with Gasteiger partial charge in [0.15, 0.2) is 0 Å². The van der Waals surface area contributed by atoms with Crippen LogP contribution in [-0.2, 0) is 14.3 Å². The van der Waals surface area contributed by atoms with Crippen LogP contribution in [0.5, 0.6) is 0 Å². The second kappa shape index (κ2) is 13.8. The molecule has 0 spiro atoms. The molecule has 0 atom stereocenters. The van der Waals surface area contributed by atoms with E-state index in [-0.39, 0.29) is 11.5 Å². The maximum atomic E-state index is 11.9. The van der Waals surface area contributed by atoms with Crippen LogP contribution in [0.4, 0.5) is 0 Å². The first-order valence-corrected chi connectivity index (χ1v) is 8.77. The summed E-state index contributed by atoms with van der Waals surface area (Å²) in [6, 6.07) is 1.93. The minimum atomic E-state index is -0.343. The first kappa shape index (κ1) is 20.4. The fraction of sp³-hybridized carbons (Fsp3) is 0.765. The Morgan fingerprint density at radius 1 is 1.29 bits per heavy atom. The molecule has 0 bridgehead atoms. The average Bonchev–Trinajstić information content (AvgIpc) is 2.61. The van der Waals surface area contributed by atoms with Crippen LogP contribution in [0.15, 0.2) is 11.8 Å². The molecule has 0 saturated carbocycles. The smallest absolute Gasteiger partial charge is 0.263 e. The van der Waals surface area contributed by atoms with E-state index in [0.29, 0.717) is 19.7 Å². The lowest BCUT2D eigenvalue weighted by molar-refractivity contribution is -0.117. The number of nitrogens with zero attached hydrogens (tertiary/aromatic N) is 2. The first-order chi connectivity index (χ1) is 11.8. The topological polar surface area (TPSA) is 86.6 Å². The number of rotatable bonds is 12. The second-order valence-corrected chi connectivity index (χ2v) is 5.65. The number of carbonyl (C=O) groups is 1. The summed E-state index contributed by atoms with van der Waals surface area (Å²) in [6.07, 6.45) is 4.42. The summed E-state index contributed by atoms with van der Waals surface area (Å²) in [4.78, 5) is 14.2. The molecule has 0 aromatic carbocycles. The molecule has 1 rings (SSSR count). The number of hydrogen-bond donors (Lipinski definition) is 2. The third-order valence-corrected chi connectivity index (χ3v) is 3.68. The molecule has 0 unspecified atom stereocenters. The van der Waals surface area contributed by atoms with Gasteiger partial charge in [-0.05, 0) is 12.8 Å². The van der Waals surface area contributed by atoms with Gasteiger partial charge in [0, 0.05) is 52.1 Å².